The van der Waals surface area contributed by atoms with Gasteiger partial charge in [0.2, 0.25) is 0 Å². The van der Waals surface area contributed by atoms with Gasteiger partial charge in [0.25, 0.3) is 5.91 Å². The van der Waals surface area contributed by atoms with E-state index in [0.29, 0.717) is 23.6 Å². The Kier molecular flexibility index (Phi) is 6.15. The average Bonchev–Trinajstić information content (AvgIpc) is 3.49. The molecule has 2 heterocycles. The van der Waals surface area contributed by atoms with Gasteiger partial charge < -0.3 is 10.6 Å². The van der Waals surface area contributed by atoms with Gasteiger partial charge in [-0.2, -0.15) is 0 Å². The van der Waals surface area contributed by atoms with E-state index in [0.717, 1.165) is 30.9 Å². The summed E-state index contributed by atoms with van der Waals surface area (Å²) >= 11 is 1.61. The van der Waals surface area contributed by atoms with Crippen molar-refractivity contribution < 1.29 is 4.79 Å². The molecule has 33 heavy (non-hydrogen) atoms. The van der Waals surface area contributed by atoms with Crippen LogP contribution in [0.5, 0.6) is 0 Å². The van der Waals surface area contributed by atoms with Crippen molar-refractivity contribution in [2.24, 2.45) is 11.3 Å². The molecule has 1 saturated carbocycles. The van der Waals surface area contributed by atoms with Gasteiger partial charge in [0.15, 0.2) is 0 Å². The molecule has 2 N–H and O–H groups in total. The molecule has 5 rings (SSSR count). The van der Waals surface area contributed by atoms with Crippen LogP contribution in [0.1, 0.15) is 110 Å². The predicted molar refractivity (Wildman–Crippen MR) is 136 cm³/mol. The van der Waals surface area contributed by atoms with Crippen LogP contribution in [0, 0.1) is 11.3 Å². The highest BCUT2D eigenvalue weighted by molar-refractivity contribution is 7.09. The number of thiazole rings is 1. The SMILES string of the molecule is CC(C)c1ccc2c(c1)CCC1C(C)(CNC(=O)c3csc(C4CCCN4)n3)CCCC21C. The minimum atomic E-state index is -0.0122. The van der Waals surface area contributed by atoms with Crippen LogP contribution in [-0.4, -0.2) is 24.0 Å². The third-order valence-electron chi connectivity index (χ3n) is 8.93. The summed E-state index contributed by atoms with van der Waals surface area (Å²) < 4.78 is 0. The zero-order chi connectivity index (χ0) is 23.2. The monoisotopic (exact) mass is 465 g/mol. The number of carbonyl (C=O) groups is 1. The second-order valence-corrected chi connectivity index (χ2v) is 12.4. The summed E-state index contributed by atoms with van der Waals surface area (Å²) in [6, 6.07) is 7.57. The Morgan fingerprint density at radius 1 is 1.24 bits per heavy atom. The summed E-state index contributed by atoms with van der Waals surface area (Å²) in [6.07, 6.45) is 8.33. The van der Waals surface area contributed by atoms with Gasteiger partial charge in [0, 0.05) is 11.9 Å². The molecule has 1 aromatic heterocycles. The number of aromatic nitrogens is 1. The van der Waals surface area contributed by atoms with E-state index in [4.69, 9.17) is 0 Å². The van der Waals surface area contributed by atoms with Crippen LogP contribution in [0.25, 0.3) is 0 Å². The molecule has 178 valence electrons. The molecule has 0 bridgehead atoms. The zero-order valence-corrected chi connectivity index (χ0v) is 21.5. The fourth-order valence-corrected chi connectivity index (χ4v) is 7.94. The molecule has 1 aliphatic heterocycles. The van der Waals surface area contributed by atoms with Crippen LogP contribution in [0.15, 0.2) is 23.6 Å². The van der Waals surface area contributed by atoms with E-state index in [1.807, 2.05) is 5.38 Å². The molecule has 4 nitrogen and oxygen atoms in total. The molecule has 2 fully saturated rings. The van der Waals surface area contributed by atoms with Gasteiger partial charge >= 0.3 is 0 Å². The van der Waals surface area contributed by atoms with Crippen molar-refractivity contribution >= 4 is 17.2 Å². The first-order valence-electron chi connectivity index (χ1n) is 12.9. The molecule has 5 heteroatoms. The van der Waals surface area contributed by atoms with Crippen molar-refractivity contribution in [1.29, 1.82) is 0 Å². The molecule has 0 spiro atoms. The number of benzene rings is 1. The number of carbonyl (C=O) groups excluding carboxylic acids is 1. The van der Waals surface area contributed by atoms with Gasteiger partial charge in [-0.1, -0.05) is 52.3 Å². The van der Waals surface area contributed by atoms with E-state index in [9.17, 15) is 4.79 Å². The fraction of sp³-hybridized carbons (Fsp3) is 0.643. The highest BCUT2D eigenvalue weighted by Crippen LogP contribution is 2.57. The molecule has 1 saturated heterocycles. The standard InChI is InChI=1S/C28H39N3OS/c1-18(2)19-8-10-21-20(15-19)9-11-24-27(3,12-6-13-28(21,24)4)17-30-25(32)23-16-33-26(31-23)22-7-5-14-29-22/h8,10,15-16,18,22,24,29H,5-7,9,11-14,17H2,1-4H3,(H,30,32). The quantitative estimate of drug-likeness (QED) is 0.558. The summed E-state index contributed by atoms with van der Waals surface area (Å²) in [6.45, 7) is 11.3. The van der Waals surface area contributed by atoms with Crippen molar-refractivity contribution in [3.05, 3.63) is 51.0 Å². The number of nitrogens with zero attached hydrogens (tertiary/aromatic N) is 1. The van der Waals surface area contributed by atoms with Crippen molar-refractivity contribution in [1.82, 2.24) is 15.6 Å². The lowest BCUT2D eigenvalue weighted by Crippen LogP contribution is -2.53. The second kappa shape index (κ2) is 8.81. The van der Waals surface area contributed by atoms with E-state index >= 15 is 0 Å². The summed E-state index contributed by atoms with van der Waals surface area (Å²) in [5.74, 6) is 1.15. The number of amides is 1. The van der Waals surface area contributed by atoms with Gasteiger partial charge in [-0.3, -0.25) is 4.79 Å². The lowest BCUT2D eigenvalue weighted by atomic mass is 9.49. The molecule has 2 aliphatic carbocycles. The average molecular weight is 466 g/mol. The van der Waals surface area contributed by atoms with Crippen molar-refractivity contribution in [2.75, 3.05) is 13.1 Å². The molecular formula is C28H39N3OS. The van der Waals surface area contributed by atoms with Crippen LogP contribution in [-0.2, 0) is 11.8 Å². The lowest BCUT2D eigenvalue weighted by Gasteiger charge is -2.55. The Bertz CT molecular complexity index is 1020. The number of fused-ring (bicyclic) bond motifs is 3. The van der Waals surface area contributed by atoms with E-state index in [-0.39, 0.29) is 16.7 Å². The summed E-state index contributed by atoms with van der Waals surface area (Å²) in [5.41, 5.74) is 5.47. The Hall–Kier alpha value is -1.72. The maximum absolute atomic E-state index is 13.0. The molecule has 4 atom stereocenters. The van der Waals surface area contributed by atoms with Gasteiger partial charge in [0.05, 0.1) is 6.04 Å². The number of nitrogens with one attached hydrogen (secondary N) is 2. The molecule has 2 aromatic rings. The first kappa shape index (κ1) is 23.0. The Balaban J connectivity index is 1.31. The van der Waals surface area contributed by atoms with Gasteiger partial charge in [-0.25, -0.2) is 4.98 Å². The number of aryl methyl sites for hydroxylation is 1. The first-order chi connectivity index (χ1) is 15.8. The molecule has 4 unspecified atom stereocenters. The van der Waals surface area contributed by atoms with Gasteiger partial charge in [0.1, 0.15) is 10.7 Å². The van der Waals surface area contributed by atoms with Gasteiger partial charge in [-0.05, 0) is 84.4 Å². The highest BCUT2D eigenvalue weighted by atomic mass is 32.1. The minimum Gasteiger partial charge on any atom is -0.350 e. The zero-order valence-electron chi connectivity index (χ0n) is 20.7. The predicted octanol–water partition coefficient (Wildman–Crippen LogP) is 6.13. The lowest BCUT2D eigenvalue weighted by molar-refractivity contribution is 0.0254. The number of rotatable bonds is 5. The van der Waals surface area contributed by atoms with E-state index in [2.05, 4.69) is 61.5 Å². The Morgan fingerprint density at radius 3 is 2.85 bits per heavy atom. The minimum absolute atomic E-state index is 0.0122. The third-order valence-corrected chi connectivity index (χ3v) is 9.89. The van der Waals surface area contributed by atoms with E-state index in [1.54, 1.807) is 22.5 Å². The van der Waals surface area contributed by atoms with Crippen molar-refractivity contribution in [3.63, 3.8) is 0 Å². The van der Waals surface area contributed by atoms with Crippen LogP contribution >= 0.6 is 11.3 Å². The summed E-state index contributed by atoms with van der Waals surface area (Å²) in [5, 5.41) is 9.77. The van der Waals surface area contributed by atoms with Crippen LogP contribution in [0.4, 0.5) is 0 Å². The smallest absolute Gasteiger partial charge is 0.270 e. The van der Waals surface area contributed by atoms with Crippen molar-refractivity contribution in [3.8, 4) is 0 Å². The second-order valence-electron chi connectivity index (χ2n) is 11.5. The summed E-state index contributed by atoms with van der Waals surface area (Å²) in [4.78, 5) is 17.7. The van der Waals surface area contributed by atoms with Crippen molar-refractivity contribution in [2.45, 2.75) is 90.0 Å². The maximum atomic E-state index is 13.0. The van der Waals surface area contributed by atoms with E-state index in [1.165, 1.54) is 37.7 Å². The molecular weight excluding hydrogens is 426 g/mol. The van der Waals surface area contributed by atoms with Crippen LogP contribution < -0.4 is 10.6 Å². The highest BCUT2D eigenvalue weighted by Gasteiger charge is 2.51. The molecule has 1 aromatic carbocycles. The van der Waals surface area contributed by atoms with Crippen LogP contribution in [0.2, 0.25) is 0 Å². The maximum Gasteiger partial charge on any atom is 0.270 e. The number of hydrogen-bond donors (Lipinski definition) is 2. The molecule has 1 amide bonds. The first-order valence-corrected chi connectivity index (χ1v) is 13.8. The molecule has 3 aliphatic rings. The largest absolute Gasteiger partial charge is 0.350 e. The van der Waals surface area contributed by atoms with E-state index < -0.39 is 0 Å². The topological polar surface area (TPSA) is 54.0 Å². The molecule has 0 radical (unpaired) electrons. The third kappa shape index (κ3) is 4.16. The number of hydrogen-bond acceptors (Lipinski definition) is 4. The Morgan fingerprint density at radius 2 is 2.09 bits per heavy atom. The normalized spacial score (nSPS) is 31.3. The van der Waals surface area contributed by atoms with Crippen LogP contribution in [0.3, 0.4) is 0 Å². The fourth-order valence-electron chi connectivity index (χ4n) is 7.03. The van der Waals surface area contributed by atoms with Gasteiger partial charge in [-0.15, -0.1) is 11.3 Å². The summed E-state index contributed by atoms with van der Waals surface area (Å²) in [7, 11) is 0. The Labute approximate surface area is 203 Å².